The van der Waals surface area contributed by atoms with Crippen LogP contribution in [-0.2, 0) is 6.42 Å². The zero-order valence-corrected chi connectivity index (χ0v) is 6.67. The van der Waals surface area contributed by atoms with Gasteiger partial charge < -0.3 is 5.21 Å². The molecule has 0 atom stereocenters. The molecule has 0 aromatic heterocycles. The number of hydrogen-bond donors (Lipinski definition) is 2. The van der Waals surface area contributed by atoms with Crippen molar-refractivity contribution in [1.29, 1.82) is 0 Å². The van der Waals surface area contributed by atoms with Crippen molar-refractivity contribution < 1.29 is 5.21 Å². The summed E-state index contributed by atoms with van der Waals surface area (Å²) in [6.45, 7) is 2.68. The van der Waals surface area contributed by atoms with Gasteiger partial charge in [-0.1, -0.05) is 29.8 Å². The zero-order valence-electron chi connectivity index (χ0n) is 6.67. The van der Waals surface area contributed by atoms with Gasteiger partial charge in [0, 0.05) is 6.54 Å². The van der Waals surface area contributed by atoms with Crippen molar-refractivity contribution in [1.82, 2.24) is 5.48 Å². The highest BCUT2D eigenvalue weighted by molar-refractivity contribution is 5.21. The fourth-order valence-electron chi connectivity index (χ4n) is 0.955. The first kappa shape index (κ1) is 8.24. The van der Waals surface area contributed by atoms with Gasteiger partial charge in [-0.05, 0) is 18.9 Å². The Labute approximate surface area is 66.8 Å². The van der Waals surface area contributed by atoms with Crippen LogP contribution in [0.15, 0.2) is 24.3 Å². The summed E-state index contributed by atoms with van der Waals surface area (Å²) in [6.07, 6.45) is 0.872. The van der Waals surface area contributed by atoms with Crippen molar-refractivity contribution in [3.05, 3.63) is 35.4 Å². The number of nitrogens with one attached hydrogen (secondary N) is 1. The molecule has 0 saturated carbocycles. The minimum absolute atomic E-state index is 0.614. The second-order valence-electron chi connectivity index (χ2n) is 2.64. The Bertz CT molecular complexity index is 205. The molecule has 60 valence electrons. The van der Waals surface area contributed by atoms with Crippen LogP contribution in [0.5, 0.6) is 0 Å². The summed E-state index contributed by atoms with van der Waals surface area (Å²) in [5.74, 6) is 0. The minimum Gasteiger partial charge on any atom is -0.317 e. The number of aryl methyl sites for hydroxylation is 1. The Balaban J connectivity index is 2.52. The van der Waals surface area contributed by atoms with Crippen molar-refractivity contribution >= 4 is 0 Å². The van der Waals surface area contributed by atoms with Gasteiger partial charge in [0.25, 0.3) is 0 Å². The number of benzene rings is 1. The quantitative estimate of drug-likeness (QED) is 0.642. The van der Waals surface area contributed by atoms with Gasteiger partial charge in [-0.15, -0.1) is 0 Å². The van der Waals surface area contributed by atoms with E-state index in [0.717, 1.165) is 6.42 Å². The fraction of sp³-hybridized carbons (Fsp3) is 0.333. The molecule has 1 aromatic rings. The molecule has 0 bridgehead atoms. The van der Waals surface area contributed by atoms with E-state index in [4.69, 9.17) is 5.21 Å². The molecule has 1 rings (SSSR count). The summed E-state index contributed by atoms with van der Waals surface area (Å²) in [5.41, 5.74) is 4.65. The van der Waals surface area contributed by atoms with Gasteiger partial charge in [0.1, 0.15) is 0 Å². The van der Waals surface area contributed by atoms with Crippen molar-refractivity contribution in [3.63, 3.8) is 0 Å². The Morgan fingerprint density at radius 3 is 2.45 bits per heavy atom. The van der Waals surface area contributed by atoms with Crippen LogP contribution in [0.1, 0.15) is 11.1 Å². The van der Waals surface area contributed by atoms with Crippen LogP contribution in [0.3, 0.4) is 0 Å². The Morgan fingerprint density at radius 2 is 1.91 bits per heavy atom. The molecule has 2 N–H and O–H groups in total. The maximum Gasteiger partial charge on any atom is 0.0247 e. The van der Waals surface area contributed by atoms with Crippen LogP contribution in [0, 0.1) is 6.92 Å². The van der Waals surface area contributed by atoms with E-state index < -0.39 is 0 Å². The summed E-state index contributed by atoms with van der Waals surface area (Å²) in [5, 5.41) is 8.33. The molecule has 0 radical (unpaired) electrons. The smallest absolute Gasteiger partial charge is 0.0247 e. The minimum atomic E-state index is 0.614. The topological polar surface area (TPSA) is 32.3 Å². The van der Waals surface area contributed by atoms with Crippen molar-refractivity contribution in [3.8, 4) is 0 Å². The summed E-state index contributed by atoms with van der Waals surface area (Å²) < 4.78 is 0. The lowest BCUT2D eigenvalue weighted by atomic mass is 10.1. The second-order valence-corrected chi connectivity index (χ2v) is 2.64. The normalized spacial score (nSPS) is 10.0. The van der Waals surface area contributed by atoms with E-state index in [1.165, 1.54) is 11.1 Å². The Kier molecular flexibility index (Phi) is 3.08. The number of hydrogen-bond acceptors (Lipinski definition) is 2. The van der Waals surface area contributed by atoms with Crippen LogP contribution < -0.4 is 5.48 Å². The maximum atomic E-state index is 8.33. The molecule has 0 amide bonds. The van der Waals surface area contributed by atoms with E-state index in [1.807, 2.05) is 0 Å². The molecule has 0 aliphatic heterocycles. The molecule has 1 aromatic carbocycles. The van der Waals surface area contributed by atoms with Gasteiger partial charge in [-0.25, -0.2) is 5.48 Å². The molecular weight excluding hydrogens is 138 g/mol. The van der Waals surface area contributed by atoms with Crippen molar-refractivity contribution in [2.75, 3.05) is 6.54 Å². The van der Waals surface area contributed by atoms with Crippen molar-refractivity contribution in [2.24, 2.45) is 0 Å². The van der Waals surface area contributed by atoms with E-state index in [2.05, 4.69) is 36.7 Å². The first-order valence-corrected chi connectivity index (χ1v) is 3.75. The highest BCUT2D eigenvalue weighted by atomic mass is 16.5. The fourth-order valence-corrected chi connectivity index (χ4v) is 0.955. The van der Waals surface area contributed by atoms with Crippen LogP contribution in [0.4, 0.5) is 0 Å². The third-order valence-corrected chi connectivity index (χ3v) is 1.65. The van der Waals surface area contributed by atoms with Gasteiger partial charge in [-0.2, -0.15) is 0 Å². The second kappa shape index (κ2) is 4.11. The third-order valence-electron chi connectivity index (χ3n) is 1.65. The SMILES string of the molecule is Cc1ccc(CCNO)cc1. The molecule has 0 aliphatic carbocycles. The number of hydroxylamine groups is 1. The standard InChI is InChI=1S/C9H13NO/c1-8-2-4-9(5-3-8)6-7-10-11/h2-5,10-11H,6-7H2,1H3. The first-order chi connectivity index (χ1) is 5.33. The summed E-state index contributed by atoms with van der Waals surface area (Å²) in [7, 11) is 0. The third kappa shape index (κ3) is 2.70. The first-order valence-electron chi connectivity index (χ1n) is 3.75. The van der Waals surface area contributed by atoms with E-state index >= 15 is 0 Å². The number of rotatable bonds is 3. The van der Waals surface area contributed by atoms with E-state index in [1.54, 1.807) is 0 Å². The largest absolute Gasteiger partial charge is 0.317 e. The Morgan fingerprint density at radius 1 is 1.27 bits per heavy atom. The molecule has 2 nitrogen and oxygen atoms in total. The molecule has 0 spiro atoms. The van der Waals surface area contributed by atoms with Crippen LogP contribution in [0.25, 0.3) is 0 Å². The molecule has 0 saturated heterocycles. The van der Waals surface area contributed by atoms with Gasteiger partial charge in [0.15, 0.2) is 0 Å². The van der Waals surface area contributed by atoms with Gasteiger partial charge in [0.05, 0.1) is 0 Å². The molecule has 0 unspecified atom stereocenters. The van der Waals surface area contributed by atoms with Crippen molar-refractivity contribution in [2.45, 2.75) is 13.3 Å². The predicted octanol–water partition coefficient (Wildman–Crippen LogP) is 1.52. The summed E-state index contributed by atoms with van der Waals surface area (Å²) in [4.78, 5) is 0. The summed E-state index contributed by atoms with van der Waals surface area (Å²) in [6, 6.07) is 8.30. The lowest BCUT2D eigenvalue weighted by Gasteiger charge is -1.99. The highest BCUT2D eigenvalue weighted by Crippen LogP contribution is 2.02. The van der Waals surface area contributed by atoms with E-state index in [0.29, 0.717) is 6.54 Å². The van der Waals surface area contributed by atoms with Crippen LogP contribution in [-0.4, -0.2) is 11.8 Å². The molecule has 0 fully saturated rings. The molecule has 11 heavy (non-hydrogen) atoms. The van der Waals surface area contributed by atoms with Gasteiger partial charge >= 0.3 is 0 Å². The van der Waals surface area contributed by atoms with Gasteiger partial charge in [0.2, 0.25) is 0 Å². The van der Waals surface area contributed by atoms with E-state index in [9.17, 15) is 0 Å². The lowest BCUT2D eigenvalue weighted by Crippen LogP contribution is -2.10. The maximum absolute atomic E-state index is 8.33. The average Bonchev–Trinajstić information content (AvgIpc) is 2.04. The zero-order chi connectivity index (χ0) is 8.10. The molecule has 0 aliphatic rings. The van der Waals surface area contributed by atoms with Crippen LogP contribution in [0.2, 0.25) is 0 Å². The molecular formula is C9H13NO. The molecule has 2 heteroatoms. The molecule has 0 heterocycles. The Hall–Kier alpha value is -0.860. The average molecular weight is 151 g/mol. The van der Waals surface area contributed by atoms with Crippen LogP contribution >= 0.6 is 0 Å². The van der Waals surface area contributed by atoms with Gasteiger partial charge in [-0.3, -0.25) is 0 Å². The highest BCUT2D eigenvalue weighted by Gasteiger charge is 1.90. The lowest BCUT2D eigenvalue weighted by molar-refractivity contribution is 0.168. The monoisotopic (exact) mass is 151 g/mol. The predicted molar refractivity (Wildman–Crippen MR) is 44.7 cm³/mol. The van der Waals surface area contributed by atoms with E-state index in [-0.39, 0.29) is 0 Å². The summed E-state index contributed by atoms with van der Waals surface area (Å²) >= 11 is 0.